The molecule has 0 saturated carbocycles. The molecule has 0 aliphatic rings. The Bertz CT molecular complexity index is 390. The maximum atomic E-state index is 11.6. The lowest BCUT2D eigenvalue weighted by Crippen LogP contribution is -2.37. The van der Waals surface area contributed by atoms with Crippen molar-refractivity contribution in [3.63, 3.8) is 0 Å². The van der Waals surface area contributed by atoms with Crippen LogP contribution in [0.2, 0.25) is 0 Å². The van der Waals surface area contributed by atoms with E-state index >= 15 is 0 Å². The maximum Gasteiger partial charge on any atom is 0.290 e. The molecule has 5 heteroatoms. The molecule has 1 aromatic rings. The molecule has 1 rings (SSSR count). The second-order valence-electron chi connectivity index (χ2n) is 3.59. The van der Waals surface area contributed by atoms with E-state index in [1.165, 1.54) is 6.39 Å². The van der Waals surface area contributed by atoms with Gasteiger partial charge in [-0.1, -0.05) is 13.8 Å². The highest BCUT2D eigenvalue weighted by molar-refractivity contribution is 5.92. The fraction of sp³-hybridized carbons (Fsp3) is 0.500. The van der Waals surface area contributed by atoms with Gasteiger partial charge in [0, 0.05) is 0 Å². The van der Waals surface area contributed by atoms with E-state index in [0.29, 0.717) is 5.69 Å². The number of aromatic nitrogens is 1. The molecule has 80 valence electrons. The summed E-state index contributed by atoms with van der Waals surface area (Å²) in [6.45, 7) is 5.40. The molecule has 1 heterocycles. The third kappa shape index (κ3) is 2.56. The lowest BCUT2D eigenvalue weighted by molar-refractivity contribution is 0.0909. The third-order valence-electron chi connectivity index (χ3n) is 2.04. The van der Waals surface area contributed by atoms with Crippen molar-refractivity contribution in [3.8, 4) is 6.07 Å². The van der Waals surface area contributed by atoms with Crippen molar-refractivity contribution in [3.05, 3.63) is 17.8 Å². The van der Waals surface area contributed by atoms with Crippen LogP contribution in [0.1, 0.15) is 30.1 Å². The van der Waals surface area contributed by atoms with Gasteiger partial charge in [-0.05, 0) is 12.8 Å². The van der Waals surface area contributed by atoms with Crippen LogP contribution in [0.5, 0.6) is 0 Å². The number of nitriles is 1. The van der Waals surface area contributed by atoms with Crippen LogP contribution in [0.4, 0.5) is 0 Å². The summed E-state index contributed by atoms with van der Waals surface area (Å²) in [7, 11) is 0. The van der Waals surface area contributed by atoms with Gasteiger partial charge in [-0.3, -0.25) is 4.79 Å². The average molecular weight is 207 g/mol. The summed E-state index contributed by atoms with van der Waals surface area (Å²) >= 11 is 0. The summed E-state index contributed by atoms with van der Waals surface area (Å²) in [4.78, 5) is 15.4. The van der Waals surface area contributed by atoms with Crippen LogP contribution in [-0.2, 0) is 0 Å². The first-order valence-corrected chi connectivity index (χ1v) is 4.66. The normalized spacial score (nSPS) is 12.2. The maximum absolute atomic E-state index is 11.6. The highest BCUT2D eigenvalue weighted by atomic mass is 16.3. The summed E-state index contributed by atoms with van der Waals surface area (Å²) in [5.41, 5.74) is 0.521. The van der Waals surface area contributed by atoms with E-state index in [1.807, 2.05) is 19.9 Å². The fourth-order valence-corrected chi connectivity index (χ4v) is 1.07. The minimum absolute atomic E-state index is 0.0576. The molecule has 0 aromatic carbocycles. The Hall–Kier alpha value is -1.83. The molecule has 15 heavy (non-hydrogen) atoms. The van der Waals surface area contributed by atoms with E-state index in [1.54, 1.807) is 6.92 Å². The minimum Gasteiger partial charge on any atom is -0.438 e. The van der Waals surface area contributed by atoms with Crippen LogP contribution in [0.3, 0.4) is 0 Å². The highest BCUT2D eigenvalue weighted by Crippen LogP contribution is 2.07. The van der Waals surface area contributed by atoms with Crippen molar-refractivity contribution < 1.29 is 9.21 Å². The van der Waals surface area contributed by atoms with E-state index in [-0.39, 0.29) is 11.7 Å². The molecule has 0 aliphatic heterocycles. The van der Waals surface area contributed by atoms with Gasteiger partial charge in [0.2, 0.25) is 5.76 Å². The number of rotatable bonds is 3. The fourth-order valence-electron chi connectivity index (χ4n) is 1.07. The van der Waals surface area contributed by atoms with Gasteiger partial charge in [0.1, 0.15) is 6.04 Å². The standard InChI is InChI=1S/C10H13N3O2/c1-6(2)8(4-11)13-10(14)9-7(3)12-5-15-9/h5-6,8H,1-3H3,(H,13,14). The second-order valence-corrected chi connectivity index (χ2v) is 3.59. The first-order chi connectivity index (χ1) is 7.06. The molecule has 0 aliphatic carbocycles. The summed E-state index contributed by atoms with van der Waals surface area (Å²) in [5, 5.41) is 11.4. The van der Waals surface area contributed by atoms with Gasteiger partial charge in [0.25, 0.3) is 5.91 Å². The Kier molecular flexibility index (Phi) is 3.45. The Balaban J connectivity index is 2.72. The molecule has 1 atom stereocenters. The second kappa shape index (κ2) is 4.60. The van der Waals surface area contributed by atoms with E-state index < -0.39 is 11.9 Å². The Morgan fingerprint density at radius 1 is 1.67 bits per heavy atom. The number of oxazole rings is 1. The Morgan fingerprint density at radius 2 is 2.33 bits per heavy atom. The zero-order valence-electron chi connectivity index (χ0n) is 8.94. The molecule has 0 fully saturated rings. The van der Waals surface area contributed by atoms with Crippen LogP contribution < -0.4 is 5.32 Å². The van der Waals surface area contributed by atoms with E-state index in [0.717, 1.165) is 0 Å². The molecule has 1 aromatic heterocycles. The van der Waals surface area contributed by atoms with Crippen LogP contribution in [0.15, 0.2) is 10.8 Å². The molecular weight excluding hydrogens is 194 g/mol. The smallest absolute Gasteiger partial charge is 0.290 e. The van der Waals surface area contributed by atoms with E-state index in [9.17, 15) is 4.79 Å². The minimum atomic E-state index is -0.512. The predicted molar refractivity (Wildman–Crippen MR) is 52.9 cm³/mol. The topological polar surface area (TPSA) is 78.9 Å². The van der Waals surface area contributed by atoms with Gasteiger partial charge >= 0.3 is 0 Å². The average Bonchev–Trinajstić information content (AvgIpc) is 2.60. The summed E-state index contributed by atoms with van der Waals surface area (Å²) < 4.78 is 4.92. The lowest BCUT2D eigenvalue weighted by Gasteiger charge is -2.13. The molecule has 0 radical (unpaired) electrons. The largest absolute Gasteiger partial charge is 0.438 e. The number of carbonyl (C=O) groups is 1. The zero-order chi connectivity index (χ0) is 11.4. The monoisotopic (exact) mass is 207 g/mol. The summed E-state index contributed by atoms with van der Waals surface area (Å²) in [6.07, 6.45) is 1.21. The van der Waals surface area contributed by atoms with Gasteiger partial charge in [0.05, 0.1) is 11.8 Å². The molecule has 0 bridgehead atoms. The van der Waals surface area contributed by atoms with Crippen molar-refractivity contribution in [2.45, 2.75) is 26.8 Å². The number of aryl methyl sites for hydroxylation is 1. The Morgan fingerprint density at radius 3 is 2.73 bits per heavy atom. The number of nitrogens with zero attached hydrogens (tertiary/aromatic N) is 2. The van der Waals surface area contributed by atoms with Crippen molar-refractivity contribution in [2.75, 3.05) is 0 Å². The highest BCUT2D eigenvalue weighted by Gasteiger charge is 2.20. The van der Waals surface area contributed by atoms with Crippen LogP contribution >= 0.6 is 0 Å². The predicted octanol–water partition coefficient (Wildman–Crippen LogP) is 1.26. The van der Waals surface area contributed by atoms with Crippen molar-refractivity contribution >= 4 is 5.91 Å². The first kappa shape index (κ1) is 11.2. The number of hydrogen-bond acceptors (Lipinski definition) is 4. The van der Waals surface area contributed by atoms with Gasteiger partial charge in [0.15, 0.2) is 6.39 Å². The number of hydrogen-bond donors (Lipinski definition) is 1. The quantitative estimate of drug-likeness (QED) is 0.809. The van der Waals surface area contributed by atoms with Crippen LogP contribution in [0.25, 0.3) is 0 Å². The van der Waals surface area contributed by atoms with E-state index in [4.69, 9.17) is 9.68 Å². The number of amides is 1. The van der Waals surface area contributed by atoms with Crippen LogP contribution in [-0.4, -0.2) is 16.9 Å². The SMILES string of the molecule is Cc1ncoc1C(=O)NC(C#N)C(C)C. The third-order valence-corrected chi connectivity index (χ3v) is 2.04. The van der Waals surface area contributed by atoms with Gasteiger partial charge < -0.3 is 9.73 Å². The molecule has 1 N–H and O–H groups in total. The molecule has 0 spiro atoms. The van der Waals surface area contributed by atoms with Crippen LogP contribution in [0, 0.1) is 24.2 Å². The van der Waals surface area contributed by atoms with E-state index in [2.05, 4.69) is 10.3 Å². The zero-order valence-corrected chi connectivity index (χ0v) is 8.94. The summed E-state index contributed by atoms with van der Waals surface area (Å²) in [5.74, 6) is -0.177. The summed E-state index contributed by atoms with van der Waals surface area (Å²) in [6, 6.07) is 1.51. The lowest BCUT2D eigenvalue weighted by atomic mass is 10.1. The molecule has 1 unspecified atom stereocenters. The molecule has 5 nitrogen and oxygen atoms in total. The van der Waals surface area contributed by atoms with Gasteiger partial charge in [-0.25, -0.2) is 4.98 Å². The first-order valence-electron chi connectivity index (χ1n) is 4.66. The Labute approximate surface area is 88.1 Å². The van der Waals surface area contributed by atoms with Crippen molar-refractivity contribution in [2.24, 2.45) is 5.92 Å². The molecule has 0 saturated heterocycles. The van der Waals surface area contributed by atoms with Crippen molar-refractivity contribution in [1.29, 1.82) is 5.26 Å². The number of carbonyl (C=O) groups excluding carboxylic acids is 1. The van der Waals surface area contributed by atoms with Gasteiger partial charge in [-0.2, -0.15) is 5.26 Å². The molecule has 1 amide bonds. The molecular formula is C10H13N3O2. The van der Waals surface area contributed by atoms with Crippen molar-refractivity contribution in [1.82, 2.24) is 10.3 Å². The number of nitrogens with one attached hydrogen (secondary N) is 1. The van der Waals surface area contributed by atoms with Gasteiger partial charge in [-0.15, -0.1) is 0 Å².